The van der Waals surface area contributed by atoms with E-state index in [4.69, 9.17) is 5.73 Å². The molecule has 7 heteroatoms. The Morgan fingerprint density at radius 3 is 2.43 bits per heavy atom. The van der Waals surface area contributed by atoms with Crippen LogP contribution in [0.3, 0.4) is 0 Å². The molecule has 120 valence electrons. The van der Waals surface area contributed by atoms with E-state index in [9.17, 15) is 18.0 Å². The molecule has 1 aromatic rings. The fraction of sp³-hybridized carbons (Fsp3) is 0.500. The van der Waals surface area contributed by atoms with Gasteiger partial charge in [-0.3, -0.25) is 4.79 Å². The lowest BCUT2D eigenvalue weighted by atomic mass is 9.99. The molecule has 0 radical (unpaired) electrons. The lowest BCUT2D eigenvalue weighted by Gasteiger charge is -2.19. The highest BCUT2D eigenvalue weighted by Gasteiger charge is 2.31. The summed E-state index contributed by atoms with van der Waals surface area (Å²) in [5.41, 5.74) is 5.66. The van der Waals surface area contributed by atoms with E-state index in [1.54, 1.807) is 6.92 Å². The zero-order valence-corrected chi connectivity index (χ0v) is 12.9. The van der Waals surface area contributed by atoms with E-state index >= 15 is 0 Å². The van der Waals surface area contributed by atoms with Gasteiger partial charge in [0.25, 0.3) is 0 Å². The van der Waals surface area contributed by atoms with Crippen molar-refractivity contribution < 1.29 is 18.0 Å². The van der Waals surface area contributed by atoms with E-state index in [0.29, 0.717) is 5.56 Å². The zero-order chi connectivity index (χ0) is 15.5. The normalized spacial score (nSPS) is 14.0. The van der Waals surface area contributed by atoms with Crippen LogP contribution in [0.25, 0.3) is 0 Å². The van der Waals surface area contributed by atoms with Crippen molar-refractivity contribution in [3.05, 3.63) is 29.3 Å². The summed E-state index contributed by atoms with van der Waals surface area (Å²) in [5.74, 6) is -0.511. The number of amides is 1. The Morgan fingerprint density at radius 1 is 1.38 bits per heavy atom. The topological polar surface area (TPSA) is 55.1 Å². The summed E-state index contributed by atoms with van der Waals surface area (Å²) in [7, 11) is 0. The van der Waals surface area contributed by atoms with Crippen LogP contribution in [0.4, 0.5) is 18.9 Å². The van der Waals surface area contributed by atoms with E-state index in [0.717, 1.165) is 18.6 Å². The third-order valence-corrected chi connectivity index (χ3v) is 3.38. The molecule has 0 aromatic heterocycles. The fourth-order valence-corrected chi connectivity index (χ4v) is 1.66. The molecular formula is C14H20ClF3N2O. The van der Waals surface area contributed by atoms with E-state index in [-0.39, 0.29) is 24.0 Å². The monoisotopic (exact) mass is 324 g/mol. The number of nitrogens with two attached hydrogens (primary N) is 1. The molecule has 1 rings (SSSR count). The van der Waals surface area contributed by atoms with E-state index < -0.39 is 23.7 Å². The first-order valence-corrected chi connectivity index (χ1v) is 6.41. The van der Waals surface area contributed by atoms with Gasteiger partial charge in [-0.15, -0.1) is 12.4 Å². The van der Waals surface area contributed by atoms with Crippen LogP contribution in [0.2, 0.25) is 0 Å². The Hall–Kier alpha value is -1.27. The molecule has 2 atom stereocenters. The predicted molar refractivity (Wildman–Crippen MR) is 79.5 cm³/mol. The summed E-state index contributed by atoms with van der Waals surface area (Å²) < 4.78 is 37.9. The summed E-state index contributed by atoms with van der Waals surface area (Å²) >= 11 is 0. The van der Waals surface area contributed by atoms with Gasteiger partial charge in [-0.1, -0.05) is 26.3 Å². The summed E-state index contributed by atoms with van der Waals surface area (Å²) in [6.45, 7) is 5.35. The minimum Gasteiger partial charge on any atom is -0.324 e. The van der Waals surface area contributed by atoms with Crippen LogP contribution in [0.15, 0.2) is 18.2 Å². The van der Waals surface area contributed by atoms with Crippen LogP contribution in [-0.4, -0.2) is 11.9 Å². The van der Waals surface area contributed by atoms with Crippen molar-refractivity contribution in [2.24, 2.45) is 11.7 Å². The zero-order valence-electron chi connectivity index (χ0n) is 12.1. The number of benzene rings is 1. The molecule has 0 fully saturated rings. The number of alkyl halides is 3. The molecule has 0 saturated heterocycles. The molecule has 0 aliphatic heterocycles. The van der Waals surface area contributed by atoms with Crippen molar-refractivity contribution in [1.82, 2.24) is 0 Å². The number of anilines is 1. The third-order valence-electron chi connectivity index (χ3n) is 3.38. The van der Waals surface area contributed by atoms with Gasteiger partial charge in [0, 0.05) is 5.69 Å². The number of nitrogens with one attached hydrogen (secondary N) is 1. The molecule has 3 nitrogen and oxygen atoms in total. The maximum atomic E-state index is 12.6. The first-order chi connectivity index (χ1) is 9.16. The van der Waals surface area contributed by atoms with Crippen LogP contribution in [0, 0.1) is 12.8 Å². The average Bonchev–Trinajstić information content (AvgIpc) is 2.38. The third kappa shape index (κ3) is 5.21. The van der Waals surface area contributed by atoms with Crippen molar-refractivity contribution in [2.45, 2.75) is 39.4 Å². The number of hydrogen-bond donors (Lipinski definition) is 2. The summed E-state index contributed by atoms with van der Waals surface area (Å²) in [5, 5.41) is 2.47. The Balaban J connectivity index is 0.00000400. The molecule has 0 saturated carbocycles. The van der Waals surface area contributed by atoms with E-state index in [1.807, 2.05) is 13.8 Å². The highest BCUT2D eigenvalue weighted by atomic mass is 35.5. The van der Waals surface area contributed by atoms with Gasteiger partial charge in [0.2, 0.25) is 5.91 Å². The van der Waals surface area contributed by atoms with E-state index in [2.05, 4.69) is 5.32 Å². The summed E-state index contributed by atoms with van der Waals surface area (Å²) in [4.78, 5) is 11.9. The van der Waals surface area contributed by atoms with Crippen molar-refractivity contribution in [2.75, 3.05) is 5.32 Å². The van der Waals surface area contributed by atoms with Crippen molar-refractivity contribution >= 4 is 24.0 Å². The Bertz CT molecular complexity index is 492. The number of rotatable bonds is 4. The second kappa shape index (κ2) is 7.66. The van der Waals surface area contributed by atoms with Gasteiger partial charge in [0.05, 0.1) is 11.6 Å². The second-order valence-corrected chi connectivity index (χ2v) is 4.93. The summed E-state index contributed by atoms with van der Waals surface area (Å²) in [6.07, 6.45) is -3.72. The molecule has 1 aromatic carbocycles. The molecular weight excluding hydrogens is 305 g/mol. The smallest absolute Gasteiger partial charge is 0.324 e. The lowest BCUT2D eigenvalue weighted by molar-refractivity contribution is -0.137. The molecule has 0 bridgehead atoms. The number of carbonyl (C=O) groups is 1. The molecule has 0 aliphatic rings. The summed E-state index contributed by atoms with van der Waals surface area (Å²) in [6, 6.07) is 2.50. The molecule has 0 spiro atoms. The van der Waals surface area contributed by atoms with Gasteiger partial charge in [-0.05, 0) is 30.5 Å². The van der Waals surface area contributed by atoms with Crippen LogP contribution in [-0.2, 0) is 11.0 Å². The first-order valence-electron chi connectivity index (χ1n) is 6.41. The van der Waals surface area contributed by atoms with Crippen molar-refractivity contribution in [1.29, 1.82) is 0 Å². The number of carbonyl (C=O) groups excluding carboxylic acids is 1. The second-order valence-electron chi connectivity index (χ2n) is 4.93. The van der Waals surface area contributed by atoms with Crippen LogP contribution in [0.5, 0.6) is 0 Å². The fourth-order valence-electron chi connectivity index (χ4n) is 1.66. The largest absolute Gasteiger partial charge is 0.416 e. The lowest BCUT2D eigenvalue weighted by Crippen LogP contribution is -2.40. The SMILES string of the molecule is CCC(C)C(N)C(=O)Nc1cc(C(F)(F)F)ccc1C.Cl. The first kappa shape index (κ1) is 19.7. The highest BCUT2D eigenvalue weighted by molar-refractivity contribution is 5.95. The van der Waals surface area contributed by atoms with Gasteiger partial charge in [-0.2, -0.15) is 13.2 Å². The van der Waals surface area contributed by atoms with Gasteiger partial charge >= 0.3 is 6.18 Å². The van der Waals surface area contributed by atoms with Crippen LogP contribution in [0.1, 0.15) is 31.4 Å². The molecule has 1 amide bonds. The Kier molecular flexibility index (Phi) is 7.19. The standard InChI is InChI=1S/C14H19F3N2O.ClH/c1-4-8(2)12(18)13(20)19-11-7-10(14(15,16)17)6-5-9(11)3;/h5-8,12H,4,18H2,1-3H3,(H,19,20);1H. The molecule has 0 aliphatic carbocycles. The minimum absolute atomic E-state index is 0. The minimum atomic E-state index is -4.44. The Morgan fingerprint density at radius 2 is 1.95 bits per heavy atom. The van der Waals surface area contributed by atoms with Crippen LogP contribution < -0.4 is 11.1 Å². The van der Waals surface area contributed by atoms with Gasteiger partial charge in [0.1, 0.15) is 0 Å². The van der Waals surface area contributed by atoms with Crippen molar-refractivity contribution in [3.8, 4) is 0 Å². The van der Waals surface area contributed by atoms with Crippen LogP contribution >= 0.6 is 12.4 Å². The van der Waals surface area contributed by atoms with Gasteiger partial charge in [0.15, 0.2) is 0 Å². The highest BCUT2D eigenvalue weighted by Crippen LogP contribution is 2.32. The quantitative estimate of drug-likeness (QED) is 0.886. The molecule has 21 heavy (non-hydrogen) atoms. The number of hydrogen-bond acceptors (Lipinski definition) is 2. The van der Waals surface area contributed by atoms with E-state index in [1.165, 1.54) is 6.07 Å². The van der Waals surface area contributed by atoms with Gasteiger partial charge < -0.3 is 11.1 Å². The average molecular weight is 325 g/mol. The molecule has 0 heterocycles. The predicted octanol–water partition coefficient (Wildman–Crippen LogP) is 3.75. The van der Waals surface area contributed by atoms with Crippen molar-refractivity contribution in [3.63, 3.8) is 0 Å². The maximum Gasteiger partial charge on any atom is 0.416 e. The number of halogens is 4. The molecule has 2 unspecified atom stereocenters. The Labute approximate surface area is 128 Å². The molecule has 3 N–H and O–H groups in total. The number of aryl methyl sites for hydroxylation is 1. The van der Waals surface area contributed by atoms with Gasteiger partial charge in [-0.25, -0.2) is 0 Å². The maximum absolute atomic E-state index is 12.6.